The summed E-state index contributed by atoms with van der Waals surface area (Å²) in [7, 11) is 0. The van der Waals surface area contributed by atoms with Crippen molar-refractivity contribution in [1.82, 2.24) is 0 Å². The van der Waals surface area contributed by atoms with Crippen molar-refractivity contribution in [3.63, 3.8) is 0 Å². The highest BCUT2D eigenvalue weighted by molar-refractivity contribution is 7.99. The first-order chi connectivity index (χ1) is 9.60. The second-order valence-electron chi connectivity index (χ2n) is 4.32. The molecule has 1 aromatic carbocycles. The zero-order valence-corrected chi connectivity index (χ0v) is 12.9. The van der Waals surface area contributed by atoms with Crippen LogP contribution >= 0.6 is 11.8 Å². The molecule has 0 aliphatic carbocycles. The fourth-order valence-corrected chi connectivity index (χ4v) is 2.48. The Kier molecular flexibility index (Phi) is 7.25. The number of rotatable bonds is 8. The molecule has 0 saturated heterocycles. The third kappa shape index (κ3) is 4.94. The molecule has 0 aliphatic rings. The summed E-state index contributed by atoms with van der Waals surface area (Å²) in [5.41, 5.74) is 6.38. The van der Waals surface area contributed by atoms with Crippen LogP contribution < -0.4 is 10.5 Å². The van der Waals surface area contributed by atoms with E-state index in [-0.39, 0.29) is 11.9 Å². The lowest BCUT2D eigenvalue weighted by Gasteiger charge is -2.14. The monoisotopic (exact) mass is 298 g/mol. The van der Waals surface area contributed by atoms with Gasteiger partial charge in [0.05, 0.1) is 18.3 Å². The number of nitrogens with zero attached hydrogens (tertiary/aromatic N) is 1. The third-order valence-electron chi connectivity index (χ3n) is 2.44. The Labute approximate surface area is 124 Å². The molecule has 0 spiro atoms. The Morgan fingerprint density at radius 3 is 2.75 bits per heavy atom. The molecule has 0 atom stereocenters. The SMILES string of the molecule is CCSc1cccc(OCCOC(C)C)c1/C(N)=N/O. The first-order valence-electron chi connectivity index (χ1n) is 6.58. The molecule has 112 valence electrons. The number of oxime groups is 1. The quantitative estimate of drug-likeness (QED) is 0.193. The van der Waals surface area contributed by atoms with Crippen molar-refractivity contribution < 1.29 is 14.7 Å². The van der Waals surface area contributed by atoms with Crippen molar-refractivity contribution in [1.29, 1.82) is 0 Å². The average molecular weight is 298 g/mol. The zero-order chi connectivity index (χ0) is 15.0. The van der Waals surface area contributed by atoms with Crippen LogP contribution in [0.5, 0.6) is 5.75 Å². The van der Waals surface area contributed by atoms with Crippen LogP contribution in [0.1, 0.15) is 26.3 Å². The average Bonchev–Trinajstić information content (AvgIpc) is 2.43. The third-order valence-corrected chi connectivity index (χ3v) is 3.38. The molecule has 0 aliphatic heterocycles. The Morgan fingerprint density at radius 2 is 2.15 bits per heavy atom. The second kappa shape index (κ2) is 8.71. The summed E-state index contributed by atoms with van der Waals surface area (Å²) in [6.45, 7) is 6.91. The first kappa shape index (κ1) is 16.7. The van der Waals surface area contributed by atoms with E-state index in [9.17, 15) is 0 Å². The smallest absolute Gasteiger partial charge is 0.174 e. The molecule has 5 nitrogen and oxygen atoms in total. The summed E-state index contributed by atoms with van der Waals surface area (Å²) >= 11 is 1.62. The predicted octanol–water partition coefficient (Wildman–Crippen LogP) is 2.70. The molecule has 0 aromatic heterocycles. The number of hydrogen-bond donors (Lipinski definition) is 2. The van der Waals surface area contributed by atoms with Gasteiger partial charge in [-0.05, 0) is 31.7 Å². The molecular weight excluding hydrogens is 276 g/mol. The van der Waals surface area contributed by atoms with Gasteiger partial charge in [0.1, 0.15) is 12.4 Å². The van der Waals surface area contributed by atoms with Crippen molar-refractivity contribution in [3.05, 3.63) is 23.8 Å². The molecule has 0 heterocycles. The number of thioether (sulfide) groups is 1. The lowest BCUT2D eigenvalue weighted by molar-refractivity contribution is 0.0552. The maximum absolute atomic E-state index is 8.92. The van der Waals surface area contributed by atoms with E-state index < -0.39 is 0 Å². The summed E-state index contributed by atoms with van der Waals surface area (Å²) in [6, 6.07) is 5.63. The van der Waals surface area contributed by atoms with Gasteiger partial charge in [0.25, 0.3) is 0 Å². The van der Waals surface area contributed by atoms with E-state index in [0.29, 0.717) is 24.5 Å². The number of nitrogens with two attached hydrogens (primary N) is 1. The topological polar surface area (TPSA) is 77.1 Å². The van der Waals surface area contributed by atoms with Crippen molar-refractivity contribution in [2.45, 2.75) is 31.8 Å². The van der Waals surface area contributed by atoms with Gasteiger partial charge in [-0.15, -0.1) is 11.8 Å². The normalized spacial score (nSPS) is 11.9. The lowest BCUT2D eigenvalue weighted by Crippen LogP contribution is -2.18. The first-order valence-corrected chi connectivity index (χ1v) is 7.56. The van der Waals surface area contributed by atoms with E-state index in [1.165, 1.54) is 0 Å². The van der Waals surface area contributed by atoms with E-state index in [2.05, 4.69) is 5.16 Å². The number of amidine groups is 1. The molecular formula is C14H22N2O3S. The van der Waals surface area contributed by atoms with Crippen molar-refractivity contribution in [2.75, 3.05) is 19.0 Å². The summed E-state index contributed by atoms with van der Waals surface area (Å²) in [5.74, 6) is 1.55. The molecule has 6 heteroatoms. The van der Waals surface area contributed by atoms with Gasteiger partial charge in [0.2, 0.25) is 0 Å². The van der Waals surface area contributed by atoms with Crippen LogP contribution in [0, 0.1) is 0 Å². The van der Waals surface area contributed by atoms with Gasteiger partial charge < -0.3 is 20.4 Å². The summed E-state index contributed by atoms with van der Waals surface area (Å²) in [5, 5.41) is 12.0. The Hall–Kier alpha value is -1.40. The highest BCUT2D eigenvalue weighted by Crippen LogP contribution is 2.30. The Balaban J connectivity index is 2.86. The van der Waals surface area contributed by atoms with Crippen LogP contribution in [0.2, 0.25) is 0 Å². The van der Waals surface area contributed by atoms with Gasteiger partial charge >= 0.3 is 0 Å². The molecule has 0 saturated carbocycles. The fraction of sp³-hybridized carbons (Fsp3) is 0.500. The maximum Gasteiger partial charge on any atom is 0.174 e. The Bertz CT molecular complexity index is 450. The van der Waals surface area contributed by atoms with Gasteiger partial charge in [0.15, 0.2) is 5.84 Å². The van der Waals surface area contributed by atoms with Crippen LogP contribution in [0.15, 0.2) is 28.3 Å². The van der Waals surface area contributed by atoms with Gasteiger partial charge in [-0.2, -0.15) is 0 Å². The van der Waals surface area contributed by atoms with Gasteiger partial charge in [-0.3, -0.25) is 0 Å². The van der Waals surface area contributed by atoms with E-state index in [0.717, 1.165) is 10.6 Å². The molecule has 1 aromatic rings. The molecule has 0 radical (unpaired) electrons. The van der Waals surface area contributed by atoms with Crippen LogP contribution in [0.3, 0.4) is 0 Å². The van der Waals surface area contributed by atoms with Crippen molar-refractivity contribution >= 4 is 17.6 Å². The second-order valence-corrected chi connectivity index (χ2v) is 5.62. The van der Waals surface area contributed by atoms with E-state index in [1.54, 1.807) is 11.8 Å². The van der Waals surface area contributed by atoms with E-state index in [1.807, 2.05) is 39.0 Å². The summed E-state index contributed by atoms with van der Waals surface area (Å²) in [4.78, 5) is 0.935. The Morgan fingerprint density at radius 1 is 1.40 bits per heavy atom. The molecule has 0 fully saturated rings. The molecule has 3 N–H and O–H groups in total. The van der Waals surface area contributed by atoms with Gasteiger partial charge in [-0.25, -0.2) is 0 Å². The standard InChI is InChI=1S/C14H22N2O3S/c1-4-20-12-7-5-6-11(13(12)14(15)16-17)19-9-8-18-10(2)3/h5-7,10,17H,4,8-9H2,1-3H3,(H2,15,16). The lowest BCUT2D eigenvalue weighted by atomic mass is 10.2. The summed E-state index contributed by atoms with van der Waals surface area (Å²) < 4.78 is 11.1. The minimum atomic E-state index is 0.0568. The predicted molar refractivity (Wildman–Crippen MR) is 81.9 cm³/mol. The molecule has 0 bridgehead atoms. The van der Waals surface area contributed by atoms with Crippen molar-refractivity contribution in [3.8, 4) is 5.75 Å². The minimum Gasteiger partial charge on any atom is -0.490 e. The number of hydrogen-bond acceptors (Lipinski definition) is 5. The van der Waals surface area contributed by atoms with Crippen LogP contribution in [0.4, 0.5) is 0 Å². The highest BCUT2D eigenvalue weighted by Gasteiger charge is 2.14. The van der Waals surface area contributed by atoms with Gasteiger partial charge in [0, 0.05) is 4.90 Å². The molecule has 0 unspecified atom stereocenters. The molecule has 1 rings (SSSR count). The van der Waals surface area contributed by atoms with Gasteiger partial charge in [-0.1, -0.05) is 18.1 Å². The fourth-order valence-electron chi connectivity index (χ4n) is 1.64. The van der Waals surface area contributed by atoms with E-state index in [4.69, 9.17) is 20.4 Å². The molecule has 20 heavy (non-hydrogen) atoms. The maximum atomic E-state index is 8.92. The van der Waals surface area contributed by atoms with Crippen LogP contribution in [-0.2, 0) is 4.74 Å². The largest absolute Gasteiger partial charge is 0.490 e. The van der Waals surface area contributed by atoms with Crippen molar-refractivity contribution in [2.24, 2.45) is 10.9 Å². The number of ether oxygens (including phenoxy) is 2. The zero-order valence-electron chi connectivity index (χ0n) is 12.1. The molecule has 0 amide bonds. The summed E-state index contributed by atoms with van der Waals surface area (Å²) in [6.07, 6.45) is 0.170. The van der Waals surface area contributed by atoms with Crippen LogP contribution in [0.25, 0.3) is 0 Å². The van der Waals surface area contributed by atoms with Crippen LogP contribution in [-0.4, -0.2) is 36.1 Å². The minimum absolute atomic E-state index is 0.0568. The number of benzene rings is 1. The van der Waals surface area contributed by atoms with E-state index >= 15 is 0 Å². The highest BCUT2D eigenvalue weighted by atomic mass is 32.2.